The van der Waals surface area contributed by atoms with E-state index in [1.54, 1.807) is 61.0 Å². The fraction of sp³-hybridized carbons (Fsp3) is 0.118. The van der Waals surface area contributed by atoms with Crippen molar-refractivity contribution in [1.29, 1.82) is 0 Å². The van der Waals surface area contributed by atoms with Gasteiger partial charge in [-0.2, -0.15) is 0 Å². The Kier molecular flexibility index (Phi) is 5.07. The van der Waals surface area contributed by atoms with Crippen LogP contribution in [0.5, 0.6) is 0 Å². The number of carbonyl (C=O) groups excluding carboxylic acids is 2. The highest BCUT2D eigenvalue weighted by Crippen LogP contribution is 2.54. The molecule has 2 aromatic rings. The summed E-state index contributed by atoms with van der Waals surface area (Å²) in [6.45, 7) is 0. The van der Waals surface area contributed by atoms with Crippen LogP contribution in [0, 0.1) is 0 Å². The van der Waals surface area contributed by atoms with Crippen LogP contribution in [0.15, 0.2) is 60.7 Å². The van der Waals surface area contributed by atoms with E-state index >= 15 is 0 Å². The zero-order valence-corrected chi connectivity index (χ0v) is 14.6. The minimum Gasteiger partial charge on any atom is -0.283 e. The molecular formula is C17H19BrO2S. The van der Waals surface area contributed by atoms with Crippen molar-refractivity contribution >= 4 is 41.8 Å². The minimum absolute atomic E-state index is 0. The fourth-order valence-corrected chi connectivity index (χ4v) is 3.94. The Labute approximate surface area is 135 Å². The third-order valence-corrected chi connectivity index (χ3v) is 6.06. The summed E-state index contributed by atoms with van der Waals surface area (Å²) in [4.78, 5) is 25.5. The predicted octanol–water partition coefficient (Wildman–Crippen LogP) is 4.28. The molecule has 0 heterocycles. The van der Waals surface area contributed by atoms with Crippen LogP contribution in [0.1, 0.15) is 20.7 Å². The second-order valence-electron chi connectivity index (χ2n) is 5.50. The minimum atomic E-state index is -3.12. The van der Waals surface area contributed by atoms with E-state index in [0.717, 1.165) is 0 Å². The molecule has 0 fully saturated rings. The van der Waals surface area contributed by atoms with Gasteiger partial charge in [-0.25, -0.2) is 0 Å². The van der Waals surface area contributed by atoms with Crippen LogP contribution in [0.3, 0.4) is 0 Å². The highest BCUT2D eigenvalue weighted by Gasteiger charge is 2.37. The van der Waals surface area contributed by atoms with Gasteiger partial charge in [0.1, 0.15) is 0 Å². The van der Waals surface area contributed by atoms with Gasteiger partial charge in [0.25, 0.3) is 0 Å². The van der Waals surface area contributed by atoms with Crippen molar-refractivity contribution in [2.75, 3.05) is 12.5 Å². The van der Waals surface area contributed by atoms with Crippen molar-refractivity contribution in [3.63, 3.8) is 0 Å². The van der Waals surface area contributed by atoms with Crippen molar-refractivity contribution in [3.8, 4) is 0 Å². The molecule has 0 aromatic heterocycles. The highest BCUT2D eigenvalue weighted by atomic mass is 79.9. The summed E-state index contributed by atoms with van der Waals surface area (Å²) < 4.78 is 0. The van der Waals surface area contributed by atoms with Crippen LogP contribution < -0.4 is 0 Å². The normalized spacial score (nSPS) is 12.6. The number of hydrogen-bond donors (Lipinski definition) is 0. The summed E-state index contributed by atoms with van der Waals surface area (Å²) in [7, 11) is -3.12. The molecule has 0 bridgehead atoms. The Morgan fingerprint density at radius 1 is 0.762 bits per heavy atom. The predicted molar refractivity (Wildman–Crippen MR) is 98.4 cm³/mol. The van der Waals surface area contributed by atoms with Crippen molar-refractivity contribution in [1.82, 2.24) is 0 Å². The Morgan fingerprint density at radius 2 is 1.05 bits per heavy atom. The van der Waals surface area contributed by atoms with Crippen LogP contribution in [-0.2, 0) is 0 Å². The molecule has 0 aliphatic rings. The van der Waals surface area contributed by atoms with Gasteiger partial charge in [-0.05, 0) is 12.5 Å². The molecule has 0 N–H and O–H groups in total. The van der Waals surface area contributed by atoms with Crippen molar-refractivity contribution < 1.29 is 9.59 Å². The lowest BCUT2D eigenvalue weighted by atomic mass is 10.2. The fourth-order valence-electron chi connectivity index (χ4n) is 1.99. The first-order valence-corrected chi connectivity index (χ1v) is 9.27. The molecule has 0 saturated carbocycles. The van der Waals surface area contributed by atoms with Crippen molar-refractivity contribution in [2.45, 2.75) is 0 Å². The molecule has 0 aliphatic carbocycles. The van der Waals surface area contributed by atoms with E-state index in [0.29, 0.717) is 11.1 Å². The van der Waals surface area contributed by atoms with Gasteiger partial charge in [-0.15, -0.1) is 25.7 Å². The summed E-state index contributed by atoms with van der Waals surface area (Å²) in [5, 5.41) is -0.340. The number of rotatable bonds is 2. The topological polar surface area (TPSA) is 34.1 Å². The van der Waals surface area contributed by atoms with E-state index in [4.69, 9.17) is 0 Å². The molecule has 0 spiro atoms. The summed E-state index contributed by atoms with van der Waals surface area (Å²) in [6, 6.07) is 17.8. The highest BCUT2D eigenvalue weighted by molar-refractivity contribution is 8.93. The molecule has 21 heavy (non-hydrogen) atoms. The SMILES string of the molecule is Br.C=S(C)(C)(C(=O)c1ccccc1)C(=O)c1ccccc1. The van der Waals surface area contributed by atoms with E-state index in [1.165, 1.54) is 0 Å². The van der Waals surface area contributed by atoms with E-state index < -0.39 is 8.75 Å². The lowest BCUT2D eigenvalue weighted by molar-refractivity contribution is 0.105. The van der Waals surface area contributed by atoms with Crippen molar-refractivity contribution in [3.05, 3.63) is 71.8 Å². The summed E-state index contributed by atoms with van der Waals surface area (Å²) in [5.74, 6) is 4.06. The number of benzene rings is 2. The average molecular weight is 367 g/mol. The Morgan fingerprint density at radius 3 is 1.33 bits per heavy atom. The van der Waals surface area contributed by atoms with E-state index in [2.05, 4.69) is 5.87 Å². The third-order valence-electron chi connectivity index (χ3n) is 3.21. The molecule has 0 atom stereocenters. The quantitative estimate of drug-likeness (QED) is 0.743. The van der Waals surface area contributed by atoms with Gasteiger partial charge < -0.3 is 0 Å². The number of carbonyl (C=O) groups is 2. The van der Waals surface area contributed by atoms with Crippen LogP contribution in [-0.4, -0.2) is 28.6 Å². The molecule has 0 saturated heterocycles. The maximum Gasteiger partial charge on any atom is 0.204 e. The molecule has 0 unspecified atom stereocenters. The first-order chi connectivity index (χ1) is 9.31. The number of hydrogen-bond acceptors (Lipinski definition) is 2. The molecule has 0 amide bonds. The molecule has 2 rings (SSSR count). The monoisotopic (exact) mass is 366 g/mol. The van der Waals surface area contributed by atoms with E-state index in [1.807, 2.05) is 12.1 Å². The van der Waals surface area contributed by atoms with Crippen LogP contribution in [0.25, 0.3) is 0 Å². The summed E-state index contributed by atoms with van der Waals surface area (Å²) in [5.41, 5.74) is 1.08. The van der Waals surface area contributed by atoms with Gasteiger partial charge in [-0.3, -0.25) is 9.59 Å². The maximum absolute atomic E-state index is 12.8. The first-order valence-electron chi connectivity index (χ1n) is 6.24. The smallest absolute Gasteiger partial charge is 0.204 e. The lowest BCUT2D eigenvalue weighted by Gasteiger charge is -2.36. The lowest BCUT2D eigenvalue weighted by Crippen LogP contribution is -2.25. The van der Waals surface area contributed by atoms with Gasteiger partial charge in [0.15, 0.2) is 0 Å². The van der Waals surface area contributed by atoms with Gasteiger partial charge >= 0.3 is 0 Å². The molecule has 4 heteroatoms. The van der Waals surface area contributed by atoms with Crippen LogP contribution in [0.4, 0.5) is 0 Å². The molecule has 0 radical (unpaired) electrons. The Balaban J connectivity index is 0.00000220. The zero-order valence-electron chi connectivity index (χ0n) is 12.1. The second kappa shape index (κ2) is 6.08. The largest absolute Gasteiger partial charge is 0.283 e. The number of halogens is 1. The van der Waals surface area contributed by atoms with Gasteiger partial charge in [0.05, 0.1) is 0 Å². The average Bonchev–Trinajstić information content (AvgIpc) is 2.47. The molecule has 2 nitrogen and oxygen atoms in total. The standard InChI is InChI=1S/C17H18O2S.BrH/c1-20(2,3,16(18)14-10-6-4-7-11-14)17(19)15-12-8-5-9-13-15;/h4-13H,1H2,2-3H3;1H. The molecule has 2 aromatic carbocycles. The van der Waals surface area contributed by atoms with Gasteiger partial charge in [0.2, 0.25) is 10.2 Å². The summed E-state index contributed by atoms with van der Waals surface area (Å²) >= 11 is 0. The molecule has 112 valence electrons. The molecular weight excluding hydrogens is 348 g/mol. The first kappa shape index (κ1) is 17.5. The Hall–Kier alpha value is -1.52. The van der Waals surface area contributed by atoms with E-state index in [9.17, 15) is 9.59 Å². The van der Waals surface area contributed by atoms with E-state index in [-0.39, 0.29) is 27.2 Å². The van der Waals surface area contributed by atoms with Crippen LogP contribution in [0.2, 0.25) is 0 Å². The van der Waals surface area contributed by atoms with Gasteiger partial charge in [-0.1, -0.05) is 66.5 Å². The van der Waals surface area contributed by atoms with Crippen molar-refractivity contribution in [2.24, 2.45) is 0 Å². The second-order valence-corrected chi connectivity index (χ2v) is 10.6. The third kappa shape index (κ3) is 3.39. The maximum atomic E-state index is 12.8. The summed E-state index contributed by atoms with van der Waals surface area (Å²) in [6.07, 6.45) is 3.39. The van der Waals surface area contributed by atoms with Crippen LogP contribution >= 0.6 is 25.7 Å². The Bertz CT molecular complexity index is 657. The zero-order chi connectivity index (χ0) is 14.8. The molecule has 0 aliphatic heterocycles. The van der Waals surface area contributed by atoms with Gasteiger partial charge in [0, 0.05) is 11.1 Å².